The van der Waals surface area contributed by atoms with E-state index >= 15 is 0 Å². The Morgan fingerprint density at radius 2 is 2.25 bits per heavy atom. The number of aromatic nitrogens is 2. The first-order valence-electron chi connectivity index (χ1n) is 5.72. The Labute approximate surface area is 95.1 Å². The fraction of sp³-hybridized carbons (Fsp3) is 0.385. The van der Waals surface area contributed by atoms with Crippen molar-refractivity contribution in [1.29, 1.82) is 5.26 Å². The maximum absolute atomic E-state index is 8.79. The molecular formula is C13H15N3. The Kier molecular flexibility index (Phi) is 3.21. The molecule has 2 rings (SSSR count). The number of nitrogens with one attached hydrogen (secondary N) is 1. The molecule has 1 aromatic heterocycles. The fourth-order valence-corrected chi connectivity index (χ4v) is 1.79. The summed E-state index contributed by atoms with van der Waals surface area (Å²) in [5.41, 5.74) is 2.58. The molecule has 0 amide bonds. The van der Waals surface area contributed by atoms with Gasteiger partial charge in [0.1, 0.15) is 5.82 Å². The minimum absolute atomic E-state index is 0.666. The third-order valence-corrected chi connectivity index (χ3v) is 2.68. The molecule has 0 saturated heterocycles. The zero-order valence-corrected chi connectivity index (χ0v) is 9.45. The topological polar surface area (TPSA) is 52.5 Å². The first-order valence-corrected chi connectivity index (χ1v) is 5.72. The van der Waals surface area contributed by atoms with Crippen LogP contribution in [0.25, 0.3) is 11.0 Å². The van der Waals surface area contributed by atoms with Crippen LogP contribution < -0.4 is 0 Å². The maximum Gasteiger partial charge on any atom is 0.107 e. The highest BCUT2D eigenvalue weighted by molar-refractivity contribution is 5.76. The second-order valence-electron chi connectivity index (χ2n) is 3.98. The summed E-state index contributed by atoms with van der Waals surface area (Å²) in [7, 11) is 0. The summed E-state index contributed by atoms with van der Waals surface area (Å²) in [5, 5.41) is 8.79. The average molecular weight is 213 g/mol. The van der Waals surface area contributed by atoms with Crippen LogP contribution in [0.5, 0.6) is 0 Å². The minimum atomic E-state index is 0.666. The van der Waals surface area contributed by atoms with E-state index < -0.39 is 0 Å². The van der Waals surface area contributed by atoms with Gasteiger partial charge in [-0.2, -0.15) is 5.26 Å². The number of rotatable bonds is 4. The minimum Gasteiger partial charge on any atom is -0.342 e. The molecule has 0 bridgehead atoms. The van der Waals surface area contributed by atoms with Crippen molar-refractivity contribution in [3.05, 3.63) is 29.6 Å². The number of nitrogens with zero attached hydrogens (tertiary/aromatic N) is 2. The van der Waals surface area contributed by atoms with Gasteiger partial charge >= 0.3 is 0 Å². The molecule has 0 unspecified atom stereocenters. The van der Waals surface area contributed by atoms with Crippen LogP contribution in [-0.4, -0.2) is 9.97 Å². The fourth-order valence-electron chi connectivity index (χ4n) is 1.79. The molecular weight excluding hydrogens is 198 g/mol. The lowest BCUT2D eigenvalue weighted by Crippen LogP contribution is -1.87. The number of imidazole rings is 1. The van der Waals surface area contributed by atoms with E-state index in [-0.39, 0.29) is 0 Å². The average Bonchev–Trinajstić information content (AvgIpc) is 2.70. The van der Waals surface area contributed by atoms with E-state index in [1.807, 2.05) is 18.2 Å². The van der Waals surface area contributed by atoms with Gasteiger partial charge in [0.2, 0.25) is 0 Å². The Morgan fingerprint density at radius 1 is 1.38 bits per heavy atom. The number of fused-ring (bicyclic) bond motifs is 1. The lowest BCUT2D eigenvalue weighted by Gasteiger charge is -1.93. The second-order valence-corrected chi connectivity index (χ2v) is 3.98. The molecule has 0 atom stereocenters. The van der Waals surface area contributed by atoms with Gasteiger partial charge in [0.15, 0.2) is 0 Å². The molecule has 0 aliphatic heterocycles. The Balaban J connectivity index is 2.20. The standard InChI is InChI=1S/C13H15N3/c1-2-3-4-5-13-15-11-7-6-10(9-14)8-12(11)16-13/h6-8H,2-5H2,1H3,(H,15,16). The molecule has 0 radical (unpaired) electrons. The molecule has 0 fully saturated rings. The summed E-state index contributed by atoms with van der Waals surface area (Å²) in [4.78, 5) is 7.77. The third kappa shape index (κ3) is 2.22. The lowest BCUT2D eigenvalue weighted by atomic mass is 10.2. The summed E-state index contributed by atoms with van der Waals surface area (Å²) in [6.07, 6.45) is 4.62. The maximum atomic E-state index is 8.79. The van der Waals surface area contributed by atoms with Crippen molar-refractivity contribution in [2.45, 2.75) is 32.6 Å². The number of aryl methyl sites for hydroxylation is 1. The molecule has 0 aliphatic rings. The van der Waals surface area contributed by atoms with Gasteiger partial charge in [-0.25, -0.2) is 4.98 Å². The molecule has 0 aliphatic carbocycles. The van der Waals surface area contributed by atoms with E-state index in [4.69, 9.17) is 5.26 Å². The molecule has 1 heterocycles. The predicted molar refractivity (Wildman–Crippen MR) is 64.0 cm³/mol. The zero-order valence-electron chi connectivity index (χ0n) is 9.45. The summed E-state index contributed by atoms with van der Waals surface area (Å²) in [6.45, 7) is 2.19. The summed E-state index contributed by atoms with van der Waals surface area (Å²) in [6, 6.07) is 7.69. The zero-order chi connectivity index (χ0) is 11.4. The monoisotopic (exact) mass is 213 g/mol. The van der Waals surface area contributed by atoms with Crippen LogP contribution in [0.15, 0.2) is 18.2 Å². The number of hydrogen-bond acceptors (Lipinski definition) is 2. The molecule has 0 saturated carbocycles. The second kappa shape index (κ2) is 4.80. The van der Waals surface area contributed by atoms with Crippen molar-refractivity contribution in [3.63, 3.8) is 0 Å². The molecule has 1 N–H and O–H groups in total. The van der Waals surface area contributed by atoms with E-state index in [1.165, 1.54) is 19.3 Å². The number of hydrogen-bond donors (Lipinski definition) is 1. The van der Waals surface area contributed by atoms with Gasteiger partial charge in [0.25, 0.3) is 0 Å². The van der Waals surface area contributed by atoms with Crippen LogP contribution in [0.2, 0.25) is 0 Å². The number of unbranched alkanes of at least 4 members (excludes halogenated alkanes) is 2. The molecule has 3 heteroatoms. The van der Waals surface area contributed by atoms with Crippen molar-refractivity contribution >= 4 is 11.0 Å². The van der Waals surface area contributed by atoms with Crippen LogP contribution in [0, 0.1) is 11.3 Å². The molecule has 0 spiro atoms. The highest BCUT2D eigenvalue weighted by Gasteiger charge is 2.03. The SMILES string of the molecule is CCCCCc1nc2cc(C#N)ccc2[nH]1. The Bertz CT molecular complexity index is 519. The summed E-state index contributed by atoms with van der Waals surface area (Å²) < 4.78 is 0. The largest absolute Gasteiger partial charge is 0.342 e. The number of aromatic amines is 1. The van der Waals surface area contributed by atoms with Crippen molar-refractivity contribution in [3.8, 4) is 6.07 Å². The van der Waals surface area contributed by atoms with Crippen LogP contribution in [0.1, 0.15) is 37.6 Å². The van der Waals surface area contributed by atoms with Crippen LogP contribution in [0.4, 0.5) is 0 Å². The first kappa shape index (κ1) is 10.7. The highest BCUT2D eigenvalue weighted by atomic mass is 14.9. The Morgan fingerprint density at radius 3 is 3.00 bits per heavy atom. The van der Waals surface area contributed by atoms with Gasteiger partial charge < -0.3 is 4.98 Å². The van der Waals surface area contributed by atoms with Crippen molar-refractivity contribution in [1.82, 2.24) is 9.97 Å². The molecule has 3 nitrogen and oxygen atoms in total. The smallest absolute Gasteiger partial charge is 0.107 e. The number of benzene rings is 1. The normalized spacial score (nSPS) is 10.5. The summed E-state index contributed by atoms with van der Waals surface area (Å²) >= 11 is 0. The van der Waals surface area contributed by atoms with Gasteiger partial charge in [0, 0.05) is 6.42 Å². The van der Waals surface area contributed by atoms with E-state index in [2.05, 4.69) is 23.0 Å². The van der Waals surface area contributed by atoms with Gasteiger partial charge in [-0.3, -0.25) is 0 Å². The molecule has 2 aromatic rings. The van der Waals surface area contributed by atoms with Crippen LogP contribution >= 0.6 is 0 Å². The van der Waals surface area contributed by atoms with Crippen molar-refractivity contribution in [2.75, 3.05) is 0 Å². The van der Waals surface area contributed by atoms with Crippen molar-refractivity contribution < 1.29 is 0 Å². The van der Waals surface area contributed by atoms with Crippen molar-refractivity contribution in [2.24, 2.45) is 0 Å². The molecule has 16 heavy (non-hydrogen) atoms. The molecule has 82 valence electrons. The quantitative estimate of drug-likeness (QED) is 0.793. The van der Waals surface area contributed by atoms with Crippen LogP contribution in [0.3, 0.4) is 0 Å². The number of nitriles is 1. The first-order chi connectivity index (χ1) is 7.83. The van der Waals surface area contributed by atoms with Crippen LogP contribution in [-0.2, 0) is 6.42 Å². The van der Waals surface area contributed by atoms with E-state index in [9.17, 15) is 0 Å². The van der Waals surface area contributed by atoms with E-state index in [0.717, 1.165) is 23.3 Å². The van der Waals surface area contributed by atoms with Gasteiger partial charge in [-0.05, 0) is 24.6 Å². The Hall–Kier alpha value is -1.82. The van der Waals surface area contributed by atoms with E-state index in [1.54, 1.807) is 0 Å². The molecule has 1 aromatic carbocycles. The van der Waals surface area contributed by atoms with Gasteiger partial charge in [-0.15, -0.1) is 0 Å². The summed E-state index contributed by atoms with van der Waals surface area (Å²) in [5.74, 6) is 1.03. The van der Waals surface area contributed by atoms with E-state index in [0.29, 0.717) is 5.56 Å². The third-order valence-electron chi connectivity index (χ3n) is 2.68. The van der Waals surface area contributed by atoms with Gasteiger partial charge in [0.05, 0.1) is 22.7 Å². The highest BCUT2D eigenvalue weighted by Crippen LogP contribution is 2.14. The van der Waals surface area contributed by atoms with Gasteiger partial charge in [-0.1, -0.05) is 19.8 Å². The lowest BCUT2D eigenvalue weighted by molar-refractivity contribution is 0.700. The number of H-pyrrole nitrogens is 1. The predicted octanol–water partition coefficient (Wildman–Crippen LogP) is 3.17.